The Morgan fingerprint density at radius 3 is 2.58 bits per heavy atom. The van der Waals surface area contributed by atoms with Crippen molar-refractivity contribution in [1.82, 2.24) is 0 Å². The van der Waals surface area contributed by atoms with Crippen LogP contribution in [0.5, 0.6) is 5.75 Å². The minimum absolute atomic E-state index is 0.374. The molecule has 0 saturated heterocycles. The van der Waals surface area contributed by atoms with E-state index in [0.717, 1.165) is 16.9 Å². The minimum Gasteiger partial charge on any atom is -0.497 e. The van der Waals surface area contributed by atoms with Gasteiger partial charge in [0.2, 0.25) is 0 Å². The van der Waals surface area contributed by atoms with E-state index < -0.39 is 6.09 Å². The molecule has 19 heavy (non-hydrogen) atoms. The Balaban J connectivity index is 2.35. The maximum Gasteiger partial charge on any atom is 0.409 e. The Labute approximate surface area is 110 Å². The fourth-order valence-electron chi connectivity index (χ4n) is 1.77. The number of hydrogen-bond donors (Lipinski definition) is 3. The molecule has 5 nitrogen and oxygen atoms in total. The van der Waals surface area contributed by atoms with Gasteiger partial charge in [-0.3, -0.25) is 5.32 Å². The van der Waals surface area contributed by atoms with Crippen molar-refractivity contribution in [1.29, 1.82) is 0 Å². The van der Waals surface area contributed by atoms with Gasteiger partial charge < -0.3 is 15.6 Å². The van der Waals surface area contributed by atoms with Gasteiger partial charge in [0.25, 0.3) is 0 Å². The summed E-state index contributed by atoms with van der Waals surface area (Å²) in [4.78, 5) is 10.6. The number of rotatable bonds is 3. The van der Waals surface area contributed by atoms with Crippen molar-refractivity contribution in [2.75, 3.05) is 18.2 Å². The maximum absolute atomic E-state index is 10.6. The second-order valence-electron chi connectivity index (χ2n) is 3.96. The van der Waals surface area contributed by atoms with Crippen LogP contribution >= 0.6 is 0 Å². The Kier molecular flexibility index (Phi) is 3.56. The van der Waals surface area contributed by atoms with Gasteiger partial charge in [-0.2, -0.15) is 0 Å². The van der Waals surface area contributed by atoms with Crippen LogP contribution in [0.1, 0.15) is 0 Å². The molecule has 0 aliphatic carbocycles. The molecule has 0 atom stereocenters. The topological polar surface area (TPSA) is 84.6 Å². The van der Waals surface area contributed by atoms with Crippen LogP contribution in [0.25, 0.3) is 11.1 Å². The van der Waals surface area contributed by atoms with Gasteiger partial charge in [0.15, 0.2) is 0 Å². The van der Waals surface area contributed by atoms with E-state index in [-0.39, 0.29) is 0 Å². The molecule has 98 valence electrons. The largest absolute Gasteiger partial charge is 0.497 e. The number of carboxylic acid groups (broad SMARTS) is 1. The van der Waals surface area contributed by atoms with Crippen LogP contribution in [0.2, 0.25) is 0 Å². The van der Waals surface area contributed by atoms with Crippen LogP contribution in [-0.2, 0) is 0 Å². The first kappa shape index (κ1) is 12.8. The molecule has 0 spiro atoms. The van der Waals surface area contributed by atoms with Crippen LogP contribution in [0.15, 0.2) is 42.5 Å². The standard InChI is InChI=1S/C14H14N2O3/c1-19-11-4-2-3-9(7-11)10-5-6-13(12(15)8-10)16-14(17)18/h2-8,16H,15H2,1H3,(H,17,18). The smallest absolute Gasteiger partial charge is 0.409 e. The summed E-state index contributed by atoms with van der Waals surface area (Å²) in [6.45, 7) is 0. The van der Waals surface area contributed by atoms with E-state index >= 15 is 0 Å². The average molecular weight is 258 g/mol. The van der Waals surface area contributed by atoms with Gasteiger partial charge in [-0.1, -0.05) is 18.2 Å². The molecule has 4 N–H and O–H groups in total. The normalized spacial score (nSPS) is 9.95. The first-order valence-corrected chi connectivity index (χ1v) is 5.64. The second-order valence-corrected chi connectivity index (χ2v) is 3.96. The van der Waals surface area contributed by atoms with Crippen molar-refractivity contribution in [3.8, 4) is 16.9 Å². The first-order valence-electron chi connectivity index (χ1n) is 5.64. The molecule has 0 bridgehead atoms. The average Bonchev–Trinajstić information content (AvgIpc) is 2.40. The van der Waals surface area contributed by atoms with E-state index in [1.54, 1.807) is 25.3 Å². The molecule has 0 heterocycles. The summed E-state index contributed by atoms with van der Waals surface area (Å²) in [6, 6.07) is 12.7. The summed E-state index contributed by atoms with van der Waals surface area (Å²) in [5.74, 6) is 0.754. The van der Waals surface area contributed by atoms with E-state index in [2.05, 4.69) is 5.32 Å². The van der Waals surface area contributed by atoms with Gasteiger partial charge in [0.1, 0.15) is 5.75 Å². The Morgan fingerprint density at radius 1 is 1.21 bits per heavy atom. The summed E-state index contributed by atoms with van der Waals surface area (Å²) < 4.78 is 5.16. The molecule has 0 aliphatic heterocycles. The number of nitrogens with one attached hydrogen (secondary N) is 1. The highest BCUT2D eigenvalue weighted by Crippen LogP contribution is 2.28. The van der Waals surface area contributed by atoms with Crippen molar-refractivity contribution >= 4 is 17.5 Å². The number of anilines is 2. The van der Waals surface area contributed by atoms with E-state index in [0.29, 0.717) is 11.4 Å². The lowest BCUT2D eigenvalue weighted by atomic mass is 10.0. The number of nitrogens with two attached hydrogens (primary N) is 1. The lowest BCUT2D eigenvalue weighted by Crippen LogP contribution is -2.09. The molecule has 0 radical (unpaired) electrons. The maximum atomic E-state index is 10.6. The molecular formula is C14H14N2O3. The van der Waals surface area contributed by atoms with Gasteiger partial charge >= 0.3 is 6.09 Å². The Bertz CT molecular complexity index is 611. The van der Waals surface area contributed by atoms with Crippen LogP contribution in [0.4, 0.5) is 16.2 Å². The number of amides is 1. The summed E-state index contributed by atoms with van der Waals surface area (Å²) >= 11 is 0. The summed E-state index contributed by atoms with van der Waals surface area (Å²) in [5, 5.41) is 10.9. The molecule has 2 aromatic rings. The van der Waals surface area contributed by atoms with Crippen LogP contribution < -0.4 is 15.8 Å². The van der Waals surface area contributed by atoms with E-state index in [4.69, 9.17) is 15.6 Å². The van der Waals surface area contributed by atoms with Gasteiger partial charge in [0, 0.05) is 0 Å². The molecule has 2 aromatic carbocycles. The van der Waals surface area contributed by atoms with Crippen molar-refractivity contribution in [3.05, 3.63) is 42.5 Å². The van der Waals surface area contributed by atoms with E-state index in [1.807, 2.05) is 24.3 Å². The fraction of sp³-hybridized carbons (Fsp3) is 0.0714. The lowest BCUT2D eigenvalue weighted by Gasteiger charge is -2.09. The van der Waals surface area contributed by atoms with Crippen molar-refractivity contribution < 1.29 is 14.6 Å². The first-order chi connectivity index (χ1) is 9.10. The third-order valence-electron chi connectivity index (χ3n) is 2.70. The number of ether oxygens (including phenoxy) is 1. The Hall–Kier alpha value is -2.69. The highest BCUT2D eigenvalue weighted by Gasteiger charge is 2.06. The van der Waals surface area contributed by atoms with Crippen LogP contribution in [-0.4, -0.2) is 18.3 Å². The molecule has 0 fully saturated rings. The predicted octanol–water partition coefficient (Wildman–Crippen LogP) is 3.03. The van der Waals surface area contributed by atoms with Gasteiger partial charge in [-0.05, 0) is 35.4 Å². The highest BCUT2D eigenvalue weighted by atomic mass is 16.5. The molecule has 0 aliphatic rings. The molecule has 0 aromatic heterocycles. The summed E-state index contributed by atoms with van der Waals surface area (Å²) in [7, 11) is 1.60. The van der Waals surface area contributed by atoms with E-state index in [1.165, 1.54) is 0 Å². The van der Waals surface area contributed by atoms with Gasteiger partial charge in [-0.25, -0.2) is 4.79 Å². The molecule has 1 amide bonds. The zero-order valence-corrected chi connectivity index (χ0v) is 10.4. The molecule has 0 unspecified atom stereocenters. The quantitative estimate of drug-likeness (QED) is 0.739. The van der Waals surface area contributed by atoms with Crippen LogP contribution in [0.3, 0.4) is 0 Å². The van der Waals surface area contributed by atoms with Crippen molar-refractivity contribution in [3.63, 3.8) is 0 Å². The summed E-state index contributed by atoms with van der Waals surface area (Å²) in [6.07, 6.45) is -1.14. The minimum atomic E-state index is -1.14. The number of hydrogen-bond acceptors (Lipinski definition) is 3. The monoisotopic (exact) mass is 258 g/mol. The molecule has 0 saturated carbocycles. The zero-order valence-electron chi connectivity index (χ0n) is 10.4. The second kappa shape index (κ2) is 5.30. The lowest BCUT2D eigenvalue weighted by molar-refractivity contribution is 0.210. The van der Waals surface area contributed by atoms with Gasteiger partial charge in [-0.15, -0.1) is 0 Å². The summed E-state index contributed by atoms with van der Waals surface area (Å²) in [5.41, 5.74) is 8.42. The van der Waals surface area contributed by atoms with Gasteiger partial charge in [0.05, 0.1) is 18.5 Å². The zero-order chi connectivity index (χ0) is 13.8. The SMILES string of the molecule is COc1cccc(-c2ccc(NC(=O)O)c(N)c2)c1. The fourth-order valence-corrected chi connectivity index (χ4v) is 1.77. The highest BCUT2D eigenvalue weighted by molar-refractivity contribution is 5.89. The van der Waals surface area contributed by atoms with Crippen LogP contribution in [0, 0.1) is 0 Å². The third-order valence-corrected chi connectivity index (χ3v) is 2.70. The van der Waals surface area contributed by atoms with Crippen molar-refractivity contribution in [2.45, 2.75) is 0 Å². The molecule has 2 rings (SSSR count). The van der Waals surface area contributed by atoms with Crippen molar-refractivity contribution in [2.24, 2.45) is 0 Å². The number of carbonyl (C=O) groups is 1. The third kappa shape index (κ3) is 2.95. The number of nitrogen functional groups attached to an aromatic ring is 1. The Morgan fingerprint density at radius 2 is 1.95 bits per heavy atom. The molecule has 5 heteroatoms. The van der Waals surface area contributed by atoms with E-state index in [9.17, 15) is 4.79 Å². The molecular weight excluding hydrogens is 244 g/mol. The predicted molar refractivity (Wildman–Crippen MR) is 74.5 cm³/mol. The number of methoxy groups -OCH3 is 1. The number of benzene rings is 2.